The van der Waals surface area contributed by atoms with Crippen molar-refractivity contribution in [2.45, 2.75) is 25.7 Å². The summed E-state index contributed by atoms with van der Waals surface area (Å²) in [6, 6.07) is 6.34. The van der Waals surface area contributed by atoms with Crippen molar-refractivity contribution in [3.05, 3.63) is 40.7 Å². The summed E-state index contributed by atoms with van der Waals surface area (Å²) >= 11 is 0. The van der Waals surface area contributed by atoms with E-state index in [0.717, 1.165) is 38.1 Å². The minimum absolute atomic E-state index is 0. The van der Waals surface area contributed by atoms with Crippen LogP contribution in [0.15, 0.2) is 29.5 Å². The predicted molar refractivity (Wildman–Crippen MR) is 98.5 cm³/mol. The predicted octanol–water partition coefficient (Wildman–Crippen LogP) is 2.91. The summed E-state index contributed by atoms with van der Waals surface area (Å²) in [5, 5.41) is 9.92. The number of rotatable bonds is 4. The number of benzene rings is 1. The standard InChI is InChI=1S/C19H25NO4.ClH/c1-23-16-6-5-14-4-3-13(9-15(14)10-16)11-20-8-7-18(21)17(12-20)19(22)24-2;/h5-6,10,13,21H,3-4,7-9,11-12H2,1-2H3;1H. The van der Waals surface area contributed by atoms with E-state index in [-0.39, 0.29) is 18.2 Å². The number of carbonyl (C=O) groups excluding carboxylic acids is 1. The van der Waals surface area contributed by atoms with Gasteiger partial charge >= 0.3 is 5.97 Å². The average Bonchev–Trinajstić information content (AvgIpc) is 2.62. The molecular formula is C19H26ClNO4. The van der Waals surface area contributed by atoms with Gasteiger partial charge in [0.25, 0.3) is 0 Å². The summed E-state index contributed by atoms with van der Waals surface area (Å²) in [5.74, 6) is 1.23. The molecule has 138 valence electrons. The second-order valence-corrected chi connectivity index (χ2v) is 6.65. The molecule has 0 aromatic heterocycles. The first-order valence-electron chi connectivity index (χ1n) is 8.48. The van der Waals surface area contributed by atoms with Crippen molar-refractivity contribution < 1.29 is 19.4 Å². The number of ether oxygens (including phenoxy) is 2. The molecule has 0 saturated heterocycles. The van der Waals surface area contributed by atoms with Crippen LogP contribution in [0.5, 0.6) is 5.75 Å². The fourth-order valence-corrected chi connectivity index (χ4v) is 3.73. The van der Waals surface area contributed by atoms with Gasteiger partial charge in [-0.25, -0.2) is 4.79 Å². The van der Waals surface area contributed by atoms with Gasteiger partial charge in [-0.3, -0.25) is 4.90 Å². The monoisotopic (exact) mass is 367 g/mol. The molecule has 1 aliphatic carbocycles. The highest BCUT2D eigenvalue weighted by Crippen LogP contribution is 2.30. The summed E-state index contributed by atoms with van der Waals surface area (Å²) in [6.07, 6.45) is 3.79. The van der Waals surface area contributed by atoms with E-state index in [0.29, 0.717) is 24.5 Å². The smallest absolute Gasteiger partial charge is 0.338 e. The van der Waals surface area contributed by atoms with Crippen molar-refractivity contribution in [1.82, 2.24) is 4.90 Å². The lowest BCUT2D eigenvalue weighted by atomic mass is 9.83. The molecule has 0 radical (unpaired) electrons. The molecule has 0 saturated carbocycles. The lowest BCUT2D eigenvalue weighted by Gasteiger charge is -2.33. The summed E-state index contributed by atoms with van der Waals surface area (Å²) < 4.78 is 10.1. The first-order valence-corrected chi connectivity index (χ1v) is 8.48. The largest absolute Gasteiger partial charge is 0.512 e. The van der Waals surface area contributed by atoms with Crippen LogP contribution in [0.1, 0.15) is 24.0 Å². The maximum Gasteiger partial charge on any atom is 0.338 e. The molecular weight excluding hydrogens is 342 g/mol. The van der Waals surface area contributed by atoms with Gasteiger partial charge in [-0.15, -0.1) is 12.4 Å². The molecule has 5 nitrogen and oxygen atoms in total. The van der Waals surface area contributed by atoms with Crippen LogP contribution >= 0.6 is 12.4 Å². The van der Waals surface area contributed by atoms with E-state index >= 15 is 0 Å². The second-order valence-electron chi connectivity index (χ2n) is 6.65. The van der Waals surface area contributed by atoms with Gasteiger partial charge in [-0.05, 0) is 48.4 Å². The topological polar surface area (TPSA) is 59.0 Å². The second kappa shape index (κ2) is 8.59. The van der Waals surface area contributed by atoms with Crippen molar-refractivity contribution in [3.8, 4) is 5.75 Å². The molecule has 1 N–H and O–H groups in total. The molecule has 0 amide bonds. The zero-order chi connectivity index (χ0) is 17.1. The third-order valence-corrected chi connectivity index (χ3v) is 5.09. The van der Waals surface area contributed by atoms with E-state index in [4.69, 9.17) is 9.47 Å². The van der Waals surface area contributed by atoms with Crippen LogP contribution in [0.3, 0.4) is 0 Å². The Kier molecular flexibility index (Phi) is 6.73. The fourth-order valence-electron chi connectivity index (χ4n) is 3.73. The molecule has 1 aromatic carbocycles. The maximum atomic E-state index is 11.8. The first kappa shape index (κ1) is 19.6. The molecule has 1 unspecified atom stereocenters. The molecule has 1 aliphatic heterocycles. The number of aryl methyl sites for hydroxylation is 1. The highest BCUT2D eigenvalue weighted by Gasteiger charge is 2.27. The Labute approximate surface area is 155 Å². The molecule has 25 heavy (non-hydrogen) atoms. The number of carbonyl (C=O) groups is 1. The van der Waals surface area contributed by atoms with Gasteiger partial charge in [-0.2, -0.15) is 0 Å². The Bertz CT molecular complexity index is 659. The number of aliphatic hydroxyl groups excluding tert-OH is 1. The van der Waals surface area contributed by atoms with Crippen LogP contribution in [0.2, 0.25) is 0 Å². The number of aliphatic hydroxyl groups is 1. The van der Waals surface area contributed by atoms with Crippen LogP contribution in [0.4, 0.5) is 0 Å². The Balaban J connectivity index is 0.00000225. The molecule has 1 aromatic rings. The third kappa shape index (κ3) is 4.47. The number of halogens is 1. The summed E-state index contributed by atoms with van der Waals surface area (Å²) in [7, 11) is 3.05. The zero-order valence-electron chi connectivity index (χ0n) is 14.8. The molecule has 0 bridgehead atoms. The molecule has 1 atom stereocenters. The van der Waals surface area contributed by atoms with Crippen LogP contribution < -0.4 is 4.74 Å². The van der Waals surface area contributed by atoms with E-state index in [9.17, 15) is 9.90 Å². The van der Waals surface area contributed by atoms with Crippen molar-refractivity contribution in [2.24, 2.45) is 5.92 Å². The summed E-state index contributed by atoms with van der Waals surface area (Å²) in [6.45, 7) is 2.19. The van der Waals surface area contributed by atoms with Gasteiger partial charge in [0, 0.05) is 26.1 Å². The van der Waals surface area contributed by atoms with Gasteiger partial charge in [0.1, 0.15) is 11.5 Å². The number of esters is 1. The number of hydrogen-bond acceptors (Lipinski definition) is 5. The van der Waals surface area contributed by atoms with Gasteiger partial charge < -0.3 is 14.6 Å². The minimum Gasteiger partial charge on any atom is -0.512 e. The third-order valence-electron chi connectivity index (χ3n) is 5.09. The maximum absolute atomic E-state index is 11.8. The Morgan fingerprint density at radius 3 is 2.80 bits per heavy atom. The molecule has 0 fully saturated rings. The number of fused-ring (bicyclic) bond motifs is 1. The lowest BCUT2D eigenvalue weighted by molar-refractivity contribution is -0.136. The zero-order valence-corrected chi connectivity index (χ0v) is 15.6. The number of methoxy groups -OCH3 is 2. The Hall–Kier alpha value is -1.72. The highest BCUT2D eigenvalue weighted by molar-refractivity contribution is 5.89. The van der Waals surface area contributed by atoms with Crippen molar-refractivity contribution in [2.75, 3.05) is 33.9 Å². The van der Waals surface area contributed by atoms with Gasteiger partial charge in [0.2, 0.25) is 0 Å². The van der Waals surface area contributed by atoms with Crippen LogP contribution in [-0.2, 0) is 22.4 Å². The van der Waals surface area contributed by atoms with Crippen LogP contribution in [0.25, 0.3) is 0 Å². The van der Waals surface area contributed by atoms with E-state index in [1.54, 1.807) is 7.11 Å². The SMILES string of the molecule is COC(=O)C1=C(O)CCN(CC2CCc3ccc(OC)cc3C2)C1.Cl. The lowest BCUT2D eigenvalue weighted by Crippen LogP contribution is -2.39. The van der Waals surface area contributed by atoms with Crippen LogP contribution in [-0.4, -0.2) is 49.8 Å². The van der Waals surface area contributed by atoms with Crippen molar-refractivity contribution in [1.29, 1.82) is 0 Å². The van der Waals surface area contributed by atoms with E-state index in [1.807, 2.05) is 6.07 Å². The molecule has 1 heterocycles. The molecule has 6 heteroatoms. The van der Waals surface area contributed by atoms with Gasteiger partial charge in [0.05, 0.1) is 19.8 Å². The van der Waals surface area contributed by atoms with Gasteiger partial charge in [-0.1, -0.05) is 6.07 Å². The normalized spacial score (nSPS) is 20.5. The van der Waals surface area contributed by atoms with Gasteiger partial charge in [0.15, 0.2) is 0 Å². The van der Waals surface area contributed by atoms with Crippen molar-refractivity contribution >= 4 is 18.4 Å². The number of hydrogen-bond donors (Lipinski definition) is 1. The Morgan fingerprint density at radius 1 is 1.28 bits per heavy atom. The summed E-state index contributed by atoms with van der Waals surface area (Å²) in [4.78, 5) is 14.0. The first-order chi connectivity index (χ1) is 11.6. The molecule has 2 aliphatic rings. The van der Waals surface area contributed by atoms with E-state index < -0.39 is 5.97 Å². The quantitative estimate of drug-likeness (QED) is 0.829. The van der Waals surface area contributed by atoms with E-state index in [1.165, 1.54) is 18.2 Å². The highest BCUT2D eigenvalue weighted by atomic mass is 35.5. The van der Waals surface area contributed by atoms with Crippen molar-refractivity contribution in [3.63, 3.8) is 0 Å². The Morgan fingerprint density at radius 2 is 2.08 bits per heavy atom. The molecule has 0 spiro atoms. The molecule has 3 rings (SSSR count). The van der Waals surface area contributed by atoms with E-state index in [2.05, 4.69) is 17.0 Å². The minimum atomic E-state index is -0.420. The fraction of sp³-hybridized carbons (Fsp3) is 0.526. The number of nitrogens with zero attached hydrogens (tertiary/aromatic N) is 1. The average molecular weight is 368 g/mol. The van der Waals surface area contributed by atoms with Crippen LogP contribution in [0, 0.1) is 5.92 Å². The summed E-state index contributed by atoms with van der Waals surface area (Å²) in [5.41, 5.74) is 3.19.